The van der Waals surface area contributed by atoms with Crippen molar-refractivity contribution in [1.29, 1.82) is 0 Å². The van der Waals surface area contributed by atoms with Crippen LogP contribution in [0.4, 0.5) is 0 Å². The van der Waals surface area contributed by atoms with Gasteiger partial charge in [0, 0.05) is 18.7 Å². The van der Waals surface area contributed by atoms with Crippen molar-refractivity contribution in [2.75, 3.05) is 27.4 Å². The van der Waals surface area contributed by atoms with Crippen molar-refractivity contribution in [1.82, 2.24) is 24.6 Å². The summed E-state index contributed by atoms with van der Waals surface area (Å²) in [5.41, 5.74) is 7.28. The predicted molar refractivity (Wildman–Crippen MR) is 126 cm³/mol. The Labute approximate surface area is 198 Å². The third-order valence-electron chi connectivity index (χ3n) is 5.81. The first-order valence-corrected chi connectivity index (χ1v) is 11.2. The molecule has 0 radical (unpaired) electrons. The number of primary amides is 1. The average Bonchev–Trinajstić information content (AvgIpc) is 3.47. The number of carbonyl (C=O) groups is 1. The second kappa shape index (κ2) is 10.6. The highest BCUT2D eigenvalue weighted by molar-refractivity contribution is 5.80. The number of amides is 1. The second-order valence-electron chi connectivity index (χ2n) is 8.27. The number of ether oxygens (including phenoxy) is 3. The van der Waals surface area contributed by atoms with Gasteiger partial charge in [0.05, 0.1) is 38.2 Å². The lowest BCUT2D eigenvalue weighted by atomic mass is 10.2. The molecule has 0 spiro atoms. The zero-order valence-electron chi connectivity index (χ0n) is 19.7. The molecule has 0 bridgehead atoms. The molecule has 1 aromatic carbocycles. The summed E-state index contributed by atoms with van der Waals surface area (Å²) in [6, 6.07) is 11.1. The van der Waals surface area contributed by atoms with Crippen LogP contribution >= 0.6 is 0 Å². The molecule has 0 saturated carbocycles. The highest BCUT2D eigenvalue weighted by Gasteiger charge is 2.30. The van der Waals surface area contributed by atoms with Gasteiger partial charge in [-0.3, -0.25) is 14.3 Å². The third-order valence-corrected chi connectivity index (χ3v) is 5.81. The van der Waals surface area contributed by atoms with E-state index in [4.69, 9.17) is 19.9 Å². The molecule has 10 heteroatoms. The normalized spacial score (nSPS) is 17.0. The van der Waals surface area contributed by atoms with Gasteiger partial charge in [0.2, 0.25) is 11.8 Å². The number of benzene rings is 1. The maximum atomic E-state index is 11.9. The number of nitrogens with two attached hydrogens (primary N) is 1. The molecular formula is C24H30N6O4. The van der Waals surface area contributed by atoms with E-state index in [2.05, 4.69) is 20.1 Å². The molecule has 10 nitrogen and oxygen atoms in total. The molecular weight excluding hydrogens is 436 g/mol. The Morgan fingerprint density at radius 3 is 2.62 bits per heavy atom. The van der Waals surface area contributed by atoms with Crippen LogP contribution in [0.2, 0.25) is 0 Å². The fourth-order valence-electron chi connectivity index (χ4n) is 4.21. The number of hydrogen-bond donors (Lipinski definition) is 1. The monoisotopic (exact) mass is 466 g/mol. The van der Waals surface area contributed by atoms with Crippen LogP contribution in [0.1, 0.15) is 25.6 Å². The minimum absolute atomic E-state index is 0.0601. The molecule has 1 fully saturated rings. The molecule has 180 valence electrons. The molecule has 0 unspecified atom stereocenters. The fourth-order valence-corrected chi connectivity index (χ4v) is 4.21. The topological polar surface area (TPSA) is 118 Å². The number of methoxy groups -OCH3 is 2. The fraction of sp³-hybridized carbons (Fsp3) is 0.417. The molecule has 2 aromatic heterocycles. The van der Waals surface area contributed by atoms with Crippen molar-refractivity contribution in [3.05, 3.63) is 48.4 Å². The van der Waals surface area contributed by atoms with Crippen molar-refractivity contribution in [3.63, 3.8) is 0 Å². The summed E-state index contributed by atoms with van der Waals surface area (Å²) in [5, 5.41) is 8.96. The van der Waals surface area contributed by atoms with Gasteiger partial charge in [-0.25, -0.2) is 4.98 Å². The predicted octanol–water partition coefficient (Wildman–Crippen LogP) is 2.20. The van der Waals surface area contributed by atoms with Crippen LogP contribution in [0.25, 0.3) is 17.1 Å². The third kappa shape index (κ3) is 5.18. The van der Waals surface area contributed by atoms with Crippen molar-refractivity contribution >= 4 is 5.91 Å². The van der Waals surface area contributed by atoms with E-state index in [1.165, 1.54) is 0 Å². The summed E-state index contributed by atoms with van der Waals surface area (Å²) in [5.74, 6) is 2.30. The quantitative estimate of drug-likeness (QED) is 0.483. The molecule has 2 atom stereocenters. The van der Waals surface area contributed by atoms with Gasteiger partial charge in [0.25, 0.3) is 0 Å². The summed E-state index contributed by atoms with van der Waals surface area (Å²) < 4.78 is 18.2. The minimum Gasteiger partial charge on any atom is -0.488 e. The first kappa shape index (κ1) is 23.7. The standard InChI is InChI=1S/C24H30N6O4/c1-16(15-32-2)34-19-9-6-17(7-10-19)24-28-27-21(14-29-12-4-5-20(29)23(25)31)30(24)18-8-11-22(33-3)26-13-18/h6-11,13,16,20H,4-5,12,14-15H2,1-3H3,(H2,25,31)/t16-,20-/m1/s1. The summed E-state index contributed by atoms with van der Waals surface area (Å²) >= 11 is 0. The average molecular weight is 467 g/mol. The summed E-state index contributed by atoms with van der Waals surface area (Å²) in [6.07, 6.45) is 3.33. The number of nitrogens with zero attached hydrogens (tertiary/aromatic N) is 5. The Morgan fingerprint density at radius 2 is 1.97 bits per heavy atom. The van der Waals surface area contributed by atoms with E-state index in [-0.39, 0.29) is 18.1 Å². The van der Waals surface area contributed by atoms with E-state index in [0.717, 1.165) is 36.4 Å². The maximum absolute atomic E-state index is 11.9. The largest absolute Gasteiger partial charge is 0.488 e. The van der Waals surface area contributed by atoms with Gasteiger partial charge in [-0.05, 0) is 56.6 Å². The summed E-state index contributed by atoms with van der Waals surface area (Å²) in [7, 11) is 3.22. The number of carbonyl (C=O) groups excluding carboxylic acids is 1. The van der Waals surface area contributed by atoms with Gasteiger partial charge in [-0.15, -0.1) is 10.2 Å². The molecule has 1 saturated heterocycles. The van der Waals surface area contributed by atoms with Crippen molar-refractivity contribution in [2.45, 2.75) is 38.5 Å². The van der Waals surface area contributed by atoms with Gasteiger partial charge < -0.3 is 19.9 Å². The van der Waals surface area contributed by atoms with Gasteiger partial charge in [0.15, 0.2) is 11.6 Å². The van der Waals surface area contributed by atoms with Crippen LogP contribution in [0.15, 0.2) is 42.6 Å². The number of pyridine rings is 1. The molecule has 4 rings (SSSR count). The van der Waals surface area contributed by atoms with Crippen LogP contribution in [-0.2, 0) is 16.1 Å². The molecule has 1 amide bonds. The highest BCUT2D eigenvalue weighted by atomic mass is 16.5. The van der Waals surface area contributed by atoms with Crippen LogP contribution in [0.3, 0.4) is 0 Å². The Hall–Kier alpha value is -3.50. The van der Waals surface area contributed by atoms with Gasteiger partial charge in [0.1, 0.15) is 11.9 Å². The van der Waals surface area contributed by atoms with E-state index >= 15 is 0 Å². The highest BCUT2D eigenvalue weighted by Crippen LogP contribution is 2.28. The number of rotatable bonds is 10. The van der Waals surface area contributed by atoms with Gasteiger partial charge in [-0.2, -0.15) is 0 Å². The van der Waals surface area contributed by atoms with Gasteiger partial charge in [-0.1, -0.05) is 0 Å². The molecule has 1 aliphatic rings. The van der Waals surface area contributed by atoms with Crippen LogP contribution in [0, 0.1) is 0 Å². The van der Waals surface area contributed by atoms with Crippen LogP contribution in [0.5, 0.6) is 11.6 Å². The van der Waals surface area contributed by atoms with Crippen molar-refractivity contribution < 1.29 is 19.0 Å². The number of likely N-dealkylation sites (tertiary alicyclic amines) is 1. The minimum atomic E-state index is -0.312. The molecule has 34 heavy (non-hydrogen) atoms. The second-order valence-corrected chi connectivity index (χ2v) is 8.27. The molecule has 3 aromatic rings. The zero-order chi connectivity index (χ0) is 24.1. The van der Waals surface area contributed by atoms with E-state index in [0.29, 0.717) is 30.7 Å². The van der Waals surface area contributed by atoms with E-state index in [9.17, 15) is 4.79 Å². The Kier molecular flexibility index (Phi) is 7.39. The summed E-state index contributed by atoms with van der Waals surface area (Å²) in [4.78, 5) is 18.3. The zero-order valence-corrected chi connectivity index (χ0v) is 19.7. The lowest BCUT2D eigenvalue weighted by molar-refractivity contribution is -0.122. The van der Waals surface area contributed by atoms with E-state index in [1.807, 2.05) is 41.8 Å². The Bertz CT molecular complexity index is 1100. The molecule has 1 aliphatic heterocycles. The first-order valence-electron chi connectivity index (χ1n) is 11.2. The van der Waals surface area contributed by atoms with Crippen molar-refractivity contribution in [3.8, 4) is 28.7 Å². The lowest BCUT2D eigenvalue weighted by Crippen LogP contribution is -2.40. The summed E-state index contributed by atoms with van der Waals surface area (Å²) in [6.45, 7) is 3.69. The van der Waals surface area contributed by atoms with Crippen LogP contribution < -0.4 is 15.2 Å². The maximum Gasteiger partial charge on any atom is 0.234 e. The SMILES string of the molecule is COC[C@@H](C)Oc1ccc(-c2nnc(CN3CCC[C@@H]3C(N)=O)n2-c2ccc(OC)nc2)cc1. The van der Waals surface area contributed by atoms with E-state index in [1.54, 1.807) is 26.5 Å². The Balaban J connectivity index is 1.67. The number of hydrogen-bond acceptors (Lipinski definition) is 8. The Morgan fingerprint density at radius 1 is 1.18 bits per heavy atom. The smallest absolute Gasteiger partial charge is 0.234 e. The lowest BCUT2D eigenvalue weighted by Gasteiger charge is -2.21. The first-order chi connectivity index (χ1) is 16.5. The molecule has 3 heterocycles. The van der Waals surface area contributed by atoms with Gasteiger partial charge >= 0.3 is 0 Å². The van der Waals surface area contributed by atoms with E-state index < -0.39 is 0 Å². The molecule has 0 aliphatic carbocycles. The molecule has 2 N–H and O–H groups in total. The van der Waals surface area contributed by atoms with Crippen molar-refractivity contribution in [2.24, 2.45) is 5.73 Å². The van der Waals surface area contributed by atoms with Crippen LogP contribution in [-0.4, -0.2) is 70.1 Å². The number of aromatic nitrogens is 4.